The maximum absolute atomic E-state index is 12.4. The molecule has 0 radical (unpaired) electrons. The summed E-state index contributed by atoms with van der Waals surface area (Å²) in [5, 5.41) is 11.7. The third kappa shape index (κ3) is 4.00. The molecule has 1 aromatic heterocycles. The van der Waals surface area contributed by atoms with Gasteiger partial charge < -0.3 is 11.2 Å². The minimum absolute atomic E-state index is 0.136. The van der Waals surface area contributed by atoms with Gasteiger partial charge in [0.2, 0.25) is 11.1 Å². The summed E-state index contributed by atoms with van der Waals surface area (Å²) in [5.41, 5.74) is 2.52. The molecule has 3 N–H and O–H groups in total. The van der Waals surface area contributed by atoms with Gasteiger partial charge in [0.25, 0.3) is 0 Å². The molecule has 1 unspecified atom stereocenters. The van der Waals surface area contributed by atoms with Crippen LogP contribution in [0.15, 0.2) is 53.7 Å². The molecular weight excluding hydrogens is 370 g/mol. The molecule has 6 nitrogen and oxygen atoms in total. The van der Waals surface area contributed by atoms with E-state index in [0.717, 1.165) is 11.3 Å². The fourth-order valence-corrected chi connectivity index (χ4v) is 3.35. The van der Waals surface area contributed by atoms with Gasteiger partial charge in [-0.25, -0.2) is 4.68 Å². The van der Waals surface area contributed by atoms with E-state index in [2.05, 4.69) is 15.5 Å². The third-order valence-corrected chi connectivity index (χ3v) is 5.10. The molecule has 0 bridgehead atoms. The number of carbonyl (C=O) groups excluding carboxylic acids is 1. The zero-order valence-electron chi connectivity index (χ0n) is 14.3. The highest BCUT2D eigenvalue weighted by Crippen LogP contribution is 2.29. The predicted octanol–water partition coefficient (Wildman–Crippen LogP) is 3.74. The van der Waals surface area contributed by atoms with Gasteiger partial charge in [-0.1, -0.05) is 47.6 Å². The van der Waals surface area contributed by atoms with E-state index in [1.165, 1.54) is 16.4 Å². The van der Waals surface area contributed by atoms with Crippen molar-refractivity contribution < 1.29 is 4.79 Å². The molecule has 0 aliphatic rings. The molecule has 0 aliphatic heterocycles. The first kappa shape index (κ1) is 18.3. The smallest absolute Gasteiger partial charge is 0.237 e. The lowest BCUT2D eigenvalue weighted by molar-refractivity contribution is -0.115. The largest absolute Gasteiger partial charge is 0.335 e. The van der Waals surface area contributed by atoms with Crippen LogP contribution in [-0.4, -0.2) is 26.0 Å². The molecule has 26 heavy (non-hydrogen) atoms. The lowest BCUT2D eigenvalue weighted by Gasteiger charge is -2.12. The Bertz CT molecular complexity index is 943. The zero-order valence-corrected chi connectivity index (χ0v) is 15.9. The summed E-state index contributed by atoms with van der Waals surface area (Å²) < 4.78 is 1.35. The van der Waals surface area contributed by atoms with Crippen LogP contribution in [0, 0.1) is 6.92 Å². The molecule has 2 aromatic carbocycles. The average molecular weight is 388 g/mol. The van der Waals surface area contributed by atoms with Crippen LogP contribution in [-0.2, 0) is 4.79 Å². The second kappa shape index (κ2) is 7.80. The van der Waals surface area contributed by atoms with E-state index in [1.807, 2.05) is 49.4 Å². The number of benzene rings is 2. The number of carbonyl (C=O) groups is 1. The van der Waals surface area contributed by atoms with Crippen molar-refractivity contribution in [3.05, 3.63) is 59.1 Å². The van der Waals surface area contributed by atoms with Crippen molar-refractivity contribution in [1.29, 1.82) is 0 Å². The molecule has 0 fully saturated rings. The summed E-state index contributed by atoms with van der Waals surface area (Å²) in [6, 6.07) is 14.9. The Labute approximate surface area is 160 Å². The number of hydrogen-bond donors (Lipinski definition) is 2. The van der Waals surface area contributed by atoms with Gasteiger partial charge in [-0.15, -0.1) is 10.2 Å². The molecule has 0 saturated carbocycles. The highest BCUT2D eigenvalue weighted by molar-refractivity contribution is 8.00. The standard InChI is InChI=1S/C18H18ClN5OS/c1-11-6-5-7-13(10-11)21-17(25)12(2)26-18-23-22-16(24(18)20)14-8-3-4-9-15(14)19/h3-10,12H,20H2,1-2H3,(H,21,25). The zero-order chi connectivity index (χ0) is 18.7. The monoisotopic (exact) mass is 387 g/mol. The maximum Gasteiger partial charge on any atom is 0.237 e. The lowest BCUT2D eigenvalue weighted by atomic mass is 10.2. The Hall–Kier alpha value is -2.51. The minimum atomic E-state index is -0.402. The number of nitrogens with two attached hydrogens (primary N) is 1. The molecule has 0 saturated heterocycles. The lowest BCUT2D eigenvalue weighted by Crippen LogP contribution is -2.23. The van der Waals surface area contributed by atoms with Crippen LogP contribution in [0.5, 0.6) is 0 Å². The second-order valence-electron chi connectivity index (χ2n) is 5.77. The van der Waals surface area contributed by atoms with Gasteiger partial charge >= 0.3 is 0 Å². The van der Waals surface area contributed by atoms with Crippen molar-refractivity contribution >= 4 is 35.0 Å². The van der Waals surface area contributed by atoms with Crippen LogP contribution >= 0.6 is 23.4 Å². The summed E-state index contributed by atoms with van der Waals surface area (Å²) in [6.45, 7) is 3.76. The highest BCUT2D eigenvalue weighted by Gasteiger charge is 2.20. The number of aryl methyl sites for hydroxylation is 1. The molecule has 1 amide bonds. The molecule has 3 aromatic rings. The average Bonchev–Trinajstić information content (AvgIpc) is 2.96. The molecule has 1 atom stereocenters. The van der Waals surface area contributed by atoms with E-state index >= 15 is 0 Å². The predicted molar refractivity (Wildman–Crippen MR) is 106 cm³/mol. The van der Waals surface area contributed by atoms with Crippen LogP contribution in [0.25, 0.3) is 11.4 Å². The van der Waals surface area contributed by atoms with Crippen LogP contribution < -0.4 is 11.2 Å². The summed E-state index contributed by atoms with van der Waals surface area (Å²) in [4.78, 5) is 12.4. The summed E-state index contributed by atoms with van der Waals surface area (Å²) >= 11 is 7.42. The van der Waals surface area contributed by atoms with Gasteiger partial charge in [-0.2, -0.15) is 0 Å². The molecular formula is C18H18ClN5OS. The third-order valence-electron chi connectivity index (χ3n) is 3.72. The first-order valence-corrected chi connectivity index (χ1v) is 9.21. The van der Waals surface area contributed by atoms with Crippen LogP contribution in [0.4, 0.5) is 5.69 Å². The summed E-state index contributed by atoms with van der Waals surface area (Å²) in [5.74, 6) is 6.42. The minimum Gasteiger partial charge on any atom is -0.335 e. The molecule has 3 rings (SSSR count). The van der Waals surface area contributed by atoms with Gasteiger partial charge in [-0.3, -0.25) is 4.79 Å². The van der Waals surface area contributed by atoms with Crippen molar-refractivity contribution in [3.63, 3.8) is 0 Å². The van der Waals surface area contributed by atoms with Gasteiger partial charge in [0.1, 0.15) is 0 Å². The van der Waals surface area contributed by atoms with Crippen LogP contribution in [0.2, 0.25) is 5.02 Å². The van der Waals surface area contributed by atoms with Gasteiger partial charge in [0.05, 0.1) is 10.3 Å². The van der Waals surface area contributed by atoms with E-state index in [9.17, 15) is 4.79 Å². The van der Waals surface area contributed by atoms with Gasteiger partial charge in [-0.05, 0) is 43.7 Å². The van der Waals surface area contributed by atoms with Crippen molar-refractivity contribution in [3.8, 4) is 11.4 Å². The first-order valence-electron chi connectivity index (χ1n) is 7.95. The topological polar surface area (TPSA) is 85.8 Å². The van der Waals surface area contributed by atoms with E-state index in [1.54, 1.807) is 13.0 Å². The van der Waals surface area contributed by atoms with Crippen molar-refractivity contribution in [2.45, 2.75) is 24.3 Å². The van der Waals surface area contributed by atoms with E-state index in [-0.39, 0.29) is 5.91 Å². The number of aromatic nitrogens is 3. The fourth-order valence-electron chi connectivity index (χ4n) is 2.36. The van der Waals surface area contributed by atoms with E-state index in [4.69, 9.17) is 17.4 Å². The number of rotatable bonds is 5. The van der Waals surface area contributed by atoms with E-state index in [0.29, 0.717) is 21.6 Å². The maximum atomic E-state index is 12.4. The van der Waals surface area contributed by atoms with Crippen LogP contribution in [0.3, 0.4) is 0 Å². The Morgan fingerprint density at radius 1 is 1.23 bits per heavy atom. The Morgan fingerprint density at radius 2 is 2.00 bits per heavy atom. The molecule has 1 heterocycles. The summed E-state index contributed by atoms with van der Waals surface area (Å²) in [6.07, 6.45) is 0. The number of thioether (sulfide) groups is 1. The molecule has 0 spiro atoms. The van der Waals surface area contributed by atoms with Gasteiger partial charge in [0, 0.05) is 11.3 Å². The summed E-state index contributed by atoms with van der Waals surface area (Å²) in [7, 11) is 0. The van der Waals surface area contributed by atoms with Crippen molar-refractivity contribution in [2.75, 3.05) is 11.2 Å². The number of nitrogens with one attached hydrogen (secondary N) is 1. The number of nitrogen functional groups attached to an aromatic ring is 1. The van der Waals surface area contributed by atoms with Crippen LogP contribution in [0.1, 0.15) is 12.5 Å². The van der Waals surface area contributed by atoms with Crippen molar-refractivity contribution in [2.24, 2.45) is 0 Å². The Kier molecular flexibility index (Phi) is 5.49. The molecule has 134 valence electrons. The number of halogens is 1. The number of anilines is 1. The fraction of sp³-hybridized carbons (Fsp3) is 0.167. The Morgan fingerprint density at radius 3 is 2.73 bits per heavy atom. The van der Waals surface area contributed by atoms with Crippen molar-refractivity contribution in [1.82, 2.24) is 14.9 Å². The number of amides is 1. The second-order valence-corrected chi connectivity index (χ2v) is 7.49. The van der Waals surface area contributed by atoms with Gasteiger partial charge in [0.15, 0.2) is 5.82 Å². The quantitative estimate of drug-likeness (QED) is 0.514. The number of hydrogen-bond acceptors (Lipinski definition) is 5. The Balaban J connectivity index is 1.73. The highest BCUT2D eigenvalue weighted by atomic mass is 35.5. The normalized spacial score (nSPS) is 12.0. The van der Waals surface area contributed by atoms with E-state index < -0.39 is 5.25 Å². The molecule has 0 aliphatic carbocycles. The number of nitrogens with zero attached hydrogens (tertiary/aromatic N) is 3. The molecule has 8 heteroatoms. The first-order chi connectivity index (χ1) is 12.5. The SMILES string of the molecule is Cc1cccc(NC(=O)C(C)Sc2nnc(-c3ccccc3Cl)n2N)c1.